The zero-order valence-corrected chi connectivity index (χ0v) is 16.4. The highest BCUT2D eigenvalue weighted by Gasteiger charge is 2.34. The number of allylic oxidation sites excluding steroid dienone is 2. The van der Waals surface area contributed by atoms with Crippen molar-refractivity contribution in [2.45, 2.75) is 71.6 Å². The number of aromatic nitrogens is 2. The van der Waals surface area contributed by atoms with Gasteiger partial charge in [0.2, 0.25) is 0 Å². The Hall–Kier alpha value is -2.37. The van der Waals surface area contributed by atoms with Gasteiger partial charge in [0.1, 0.15) is 5.82 Å². The third kappa shape index (κ3) is 8.71. The third-order valence-corrected chi connectivity index (χ3v) is 4.65. The number of unbranched alkanes of at least 4 members (excludes halogenated alkanes) is 6. The molecule has 1 heterocycles. The van der Waals surface area contributed by atoms with Gasteiger partial charge in [-0.05, 0) is 19.8 Å². The zero-order valence-electron chi connectivity index (χ0n) is 16.4. The molecule has 0 saturated heterocycles. The molecule has 6 nitrogen and oxygen atoms in total. The molecular formula is C21H32N2O4. The molecule has 6 heteroatoms. The molecule has 1 aliphatic rings. The van der Waals surface area contributed by atoms with Crippen LogP contribution in [0.1, 0.15) is 71.0 Å². The van der Waals surface area contributed by atoms with Crippen LogP contribution in [0.3, 0.4) is 0 Å². The van der Waals surface area contributed by atoms with E-state index in [-0.39, 0.29) is 12.0 Å². The number of aryl methyl sites for hydroxylation is 1. The number of H-pyrrole nitrogens is 1. The van der Waals surface area contributed by atoms with Gasteiger partial charge in [-0.15, -0.1) is 0 Å². The van der Waals surface area contributed by atoms with E-state index in [9.17, 15) is 9.59 Å². The molecule has 0 fully saturated rings. The first kappa shape index (κ1) is 22.7. The second kappa shape index (κ2) is 12.1. The average molecular weight is 376 g/mol. The van der Waals surface area contributed by atoms with Gasteiger partial charge in [0.25, 0.3) is 0 Å². The third-order valence-electron chi connectivity index (χ3n) is 4.65. The van der Waals surface area contributed by atoms with Crippen LogP contribution in [0, 0.1) is 5.41 Å². The number of hydrogen-bond donors (Lipinski definition) is 3. The Bertz CT molecular complexity index is 635. The molecule has 0 aliphatic heterocycles. The van der Waals surface area contributed by atoms with Crippen molar-refractivity contribution in [1.82, 2.24) is 9.97 Å². The smallest absolute Gasteiger partial charge is 0.331 e. The molecule has 2 rings (SSSR count). The van der Waals surface area contributed by atoms with Gasteiger partial charge in [-0.1, -0.05) is 63.7 Å². The minimum atomic E-state index is -1.08. The van der Waals surface area contributed by atoms with Crippen molar-refractivity contribution in [1.29, 1.82) is 0 Å². The van der Waals surface area contributed by atoms with Crippen LogP contribution in [0.15, 0.2) is 36.2 Å². The highest BCUT2D eigenvalue weighted by molar-refractivity contribution is 5.90. The Morgan fingerprint density at radius 3 is 2.37 bits per heavy atom. The van der Waals surface area contributed by atoms with E-state index >= 15 is 0 Å². The van der Waals surface area contributed by atoms with Crippen LogP contribution in [-0.4, -0.2) is 32.1 Å². The maximum Gasteiger partial charge on any atom is 0.331 e. The van der Waals surface area contributed by atoms with Gasteiger partial charge in [0, 0.05) is 24.4 Å². The molecule has 0 aromatic carbocycles. The molecule has 1 aliphatic carbocycles. The molecule has 0 radical (unpaired) electrons. The van der Waals surface area contributed by atoms with Crippen LogP contribution in [-0.2, 0) is 16.0 Å². The number of nitrogens with zero attached hydrogens (tertiary/aromatic N) is 1. The second-order valence-electron chi connectivity index (χ2n) is 7.16. The molecule has 27 heavy (non-hydrogen) atoms. The fourth-order valence-corrected chi connectivity index (χ4v) is 2.87. The van der Waals surface area contributed by atoms with Crippen molar-refractivity contribution < 1.29 is 19.8 Å². The molecule has 0 saturated carbocycles. The summed E-state index contributed by atoms with van der Waals surface area (Å²) in [5, 5.41) is 17.5. The molecule has 150 valence electrons. The van der Waals surface area contributed by atoms with Crippen LogP contribution in [0.4, 0.5) is 0 Å². The number of carboxylic acids is 2. The monoisotopic (exact) mass is 376 g/mol. The SMILES string of the molecule is CC1(C(=O)O)C=CC=C(C(=O)O)C1.CCCCCCCCCc1ncc[nH]1. The van der Waals surface area contributed by atoms with E-state index in [2.05, 4.69) is 16.9 Å². The fraction of sp³-hybridized carbons (Fsp3) is 0.571. The molecule has 1 aromatic rings. The molecule has 0 amide bonds. The van der Waals surface area contributed by atoms with Gasteiger partial charge < -0.3 is 15.2 Å². The number of nitrogens with one attached hydrogen (secondary N) is 1. The van der Waals surface area contributed by atoms with Gasteiger partial charge in [-0.2, -0.15) is 0 Å². The summed E-state index contributed by atoms with van der Waals surface area (Å²) in [5.74, 6) is -0.925. The van der Waals surface area contributed by atoms with Gasteiger partial charge in [0.05, 0.1) is 5.41 Å². The van der Waals surface area contributed by atoms with Crippen molar-refractivity contribution in [2.75, 3.05) is 0 Å². The van der Waals surface area contributed by atoms with Crippen molar-refractivity contribution >= 4 is 11.9 Å². The van der Waals surface area contributed by atoms with Gasteiger partial charge in [0.15, 0.2) is 0 Å². The van der Waals surface area contributed by atoms with E-state index in [0.717, 1.165) is 12.2 Å². The van der Waals surface area contributed by atoms with E-state index in [1.54, 1.807) is 0 Å². The number of aromatic amines is 1. The lowest BCUT2D eigenvalue weighted by atomic mass is 9.80. The van der Waals surface area contributed by atoms with E-state index in [4.69, 9.17) is 10.2 Å². The van der Waals surface area contributed by atoms with Crippen LogP contribution >= 0.6 is 0 Å². The largest absolute Gasteiger partial charge is 0.481 e. The van der Waals surface area contributed by atoms with Crippen molar-refractivity contribution in [3.8, 4) is 0 Å². The molecular weight excluding hydrogens is 344 g/mol. The summed E-state index contributed by atoms with van der Waals surface area (Å²) in [6.45, 7) is 3.76. The van der Waals surface area contributed by atoms with Crippen LogP contribution < -0.4 is 0 Å². The van der Waals surface area contributed by atoms with Crippen LogP contribution in [0.5, 0.6) is 0 Å². The first-order chi connectivity index (χ1) is 12.9. The predicted octanol–water partition coefficient (Wildman–Crippen LogP) is 4.75. The Morgan fingerprint density at radius 2 is 1.81 bits per heavy atom. The van der Waals surface area contributed by atoms with Crippen molar-refractivity contribution in [3.63, 3.8) is 0 Å². The number of carbonyl (C=O) groups is 2. The first-order valence-corrected chi connectivity index (χ1v) is 9.72. The predicted molar refractivity (Wildman–Crippen MR) is 106 cm³/mol. The van der Waals surface area contributed by atoms with Crippen LogP contribution in [0.25, 0.3) is 0 Å². The second-order valence-corrected chi connectivity index (χ2v) is 7.16. The Kier molecular flexibility index (Phi) is 10.2. The topological polar surface area (TPSA) is 103 Å². The number of aliphatic carboxylic acids is 2. The molecule has 3 N–H and O–H groups in total. The summed E-state index contributed by atoms with van der Waals surface area (Å²) in [6.07, 6.45) is 18.9. The van der Waals surface area contributed by atoms with E-state index in [0.29, 0.717) is 0 Å². The Morgan fingerprint density at radius 1 is 1.15 bits per heavy atom. The normalized spacial score (nSPS) is 18.4. The minimum Gasteiger partial charge on any atom is -0.481 e. The van der Waals surface area contributed by atoms with Gasteiger partial charge in [-0.25, -0.2) is 9.78 Å². The lowest BCUT2D eigenvalue weighted by Gasteiger charge is -2.23. The number of carboxylic acid groups (broad SMARTS) is 2. The number of imidazole rings is 1. The highest BCUT2D eigenvalue weighted by Crippen LogP contribution is 2.31. The number of hydrogen-bond acceptors (Lipinski definition) is 3. The molecule has 1 atom stereocenters. The maximum atomic E-state index is 10.8. The lowest BCUT2D eigenvalue weighted by molar-refractivity contribution is -0.145. The van der Waals surface area contributed by atoms with Crippen LogP contribution in [0.2, 0.25) is 0 Å². The maximum absolute atomic E-state index is 10.8. The quantitative estimate of drug-likeness (QED) is 0.511. The summed E-state index contributed by atoms with van der Waals surface area (Å²) in [6, 6.07) is 0. The van der Waals surface area contributed by atoms with Crippen molar-refractivity contribution in [2.24, 2.45) is 5.41 Å². The summed E-state index contributed by atoms with van der Waals surface area (Å²) in [5.41, 5.74) is -0.949. The molecule has 0 bridgehead atoms. The van der Waals surface area contributed by atoms with E-state index in [1.165, 1.54) is 70.1 Å². The molecule has 1 unspecified atom stereocenters. The van der Waals surface area contributed by atoms with Crippen molar-refractivity contribution in [3.05, 3.63) is 42.0 Å². The standard InChI is InChI=1S/C12H22N2.C9H10O4/c1-2-3-4-5-6-7-8-9-12-13-10-11-14-12;1-9(8(12)13)4-2-3-6(5-9)7(10)11/h10-11H,2-9H2,1H3,(H,13,14);2-4H,5H2,1H3,(H,10,11)(H,12,13). The van der Waals surface area contributed by atoms with E-state index < -0.39 is 17.4 Å². The Labute approximate surface area is 161 Å². The lowest BCUT2D eigenvalue weighted by Crippen LogP contribution is -2.28. The highest BCUT2D eigenvalue weighted by atomic mass is 16.4. The summed E-state index contributed by atoms with van der Waals surface area (Å²) < 4.78 is 0. The minimum absolute atomic E-state index is 0.0359. The average Bonchev–Trinajstić information content (AvgIpc) is 3.15. The summed E-state index contributed by atoms with van der Waals surface area (Å²) in [4.78, 5) is 28.7. The van der Waals surface area contributed by atoms with Gasteiger partial charge >= 0.3 is 11.9 Å². The summed E-state index contributed by atoms with van der Waals surface area (Å²) >= 11 is 0. The van der Waals surface area contributed by atoms with Gasteiger partial charge in [-0.3, -0.25) is 4.79 Å². The molecule has 1 aromatic heterocycles. The molecule has 0 spiro atoms. The first-order valence-electron chi connectivity index (χ1n) is 9.72. The zero-order chi connectivity index (χ0) is 20.1. The Balaban J connectivity index is 0.000000271. The summed E-state index contributed by atoms with van der Waals surface area (Å²) in [7, 11) is 0. The van der Waals surface area contributed by atoms with E-state index in [1.807, 2.05) is 12.4 Å². The fourth-order valence-electron chi connectivity index (χ4n) is 2.87. The number of rotatable bonds is 10.